The Hall–Kier alpha value is -2.48. The van der Waals surface area contributed by atoms with Gasteiger partial charge in [0.05, 0.1) is 13.1 Å². The first-order chi connectivity index (χ1) is 12.0. The third-order valence-corrected chi connectivity index (χ3v) is 4.66. The van der Waals surface area contributed by atoms with Gasteiger partial charge in [0, 0.05) is 19.2 Å². The van der Waals surface area contributed by atoms with Crippen LogP contribution >= 0.6 is 0 Å². The number of piperidine rings is 1. The number of carbonyl (C=O) groups is 1. The summed E-state index contributed by atoms with van der Waals surface area (Å²) in [4.78, 5) is 15.5. The van der Waals surface area contributed by atoms with Gasteiger partial charge in [-0.1, -0.05) is 6.07 Å². The number of amides is 1. The van der Waals surface area contributed by atoms with E-state index in [0.717, 1.165) is 19.4 Å². The van der Waals surface area contributed by atoms with Gasteiger partial charge in [0.1, 0.15) is 11.4 Å². The number of likely N-dealkylation sites (N-methyl/N-ethyl adjacent to an activating group) is 1. The van der Waals surface area contributed by atoms with Crippen LogP contribution in [0.2, 0.25) is 0 Å². The maximum absolute atomic E-state index is 13.3. The number of hydrogen-bond donors (Lipinski definition) is 0. The quantitative estimate of drug-likeness (QED) is 0.849. The predicted molar refractivity (Wildman–Crippen MR) is 86.0 cm³/mol. The average molecular weight is 346 g/mol. The minimum absolute atomic E-state index is 0.270. The van der Waals surface area contributed by atoms with E-state index < -0.39 is 5.60 Å². The fourth-order valence-electron chi connectivity index (χ4n) is 3.58. The van der Waals surface area contributed by atoms with Gasteiger partial charge < -0.3 is 14.1 Å². The molecule has 3 heterocycles. The summed E-state index contributed by atoms with van der Waals surface area (Å²) < 4.78 is 24.6. The van der Waals surface area contributed by atoms with E-state index in [4.69, 9.17) is 9.15 Å². The Balaban J connectivity index is 1.45. The average Bonchev–Trinajstić information content (AvgIpc) is 3.13. The molecule has 1 aromatic heterocycles. The molecule has 7 nitrogen and oxygen atoms in total. The molecule has 2 aliphatic heterocycles. The maximum atomic E-state index is 13.3. The summed E-state index contributed by atoms with van der Waals surface area (Å²) in [6.07, 6.45) is 1.53. The summed E-state index contributed by atoms with van der Waals surface area (Å²) in [6, 6.07) is 6.06. The van der Waals surface area contributed by atoms with E-state index >= 15 is 0 Å². The molecule has 2 saturated heterocycles. The van der Waals surface area contributed by atoms with Gasteiger partial charge in [0.15, 0.2) is 0 Å². The van der Waals surface area contributed by atoms with E-state index in [1.807, 2.05) is 0 Å². The van der Waals surface area contributed by atoms with Gasteiger partial charge >= 0.3 is 6.09 Å². The highest BCUT2D eigenvalue weighted by molar-refractivity contribution is 5.70. The van der Waals surface area contributed by atoms with Gasteiger partial charge in [-0.25, -0.2) is 9.18 Å². The van der Waals surface area contributed by atoms with Crippen LogP contribution < -0.4 is 0 Å². The monoisotopic (exact) mass is 346 g/mol. The first-order valence-electron chi connectivity index (χ1n) is 8.28. The summed E-state index contributed by atoms with van der Waals surface area (Å²) in [6.45, 7) is 2.59. The Bertz CT molecular complexity index is 796. The third-order valence-electron chi connectivity index (χ3n) is 4.66. The summed E-state index contributed by atoms with van der Waals surface area (Å²) in [5.41, 5.74) is 0.107. The highest BCUT2D eigenvalue weighted by Crippen LogP contribution is 2.32. The van der Waals surface area contributed by atoms with Crippen molar-refractivity contribution in [2.75, 3.05) is 26.7 Å². The molecule has 4 rings (SSSR count). The van der Waals surface area contributed by atoms with Gasteiger partial charge in [-0.2, -0.15) is 0 Å². The lowest BCUT2D eigenvalue weighted by molar-refractivity contribution is -0.0134. The van der Waals surface area contributed by atoms with Crippen molar-refractivity contribution >= 4 is 6.09 Å². The molecule has 1 amide bonds. The number of aromatic nitrogens is 2. The Morgan fingerprint density at radius 3 is 2.96 bits per heavy atom. The molecule has 132 valence electrons. The number of rotatable bonds is 3. The molecule has 8 heteroatoms. The van der Waals surface area contributed by atoms with Crippen molar-refractivity contribution in [3.63, 3.8) is 0 Å². The van der Waals surface area contributed by atoms with Crippen LogP contribution in [-0.4, -0.2) is 58.4 Å². The Kier molecular flexibility index (Phi) is 3.91. The normalized spacial score (nSPS) is 24.1. The predicted octanol–water partition coefficient (Wildman–Crippen LogP) is 2.29. The molecule has 1 aromatic carbocycles. The number of hydrogen-bond acceptors (Lipinski definition) is 6. The van der Waals surface area contributed by atoms with Gasteiger partial charge in [-0.15, -0.1) is 10.2 Å². The molecule has 1 atom stereocenters. The van der Waals surface area contributed by atoms with E-state index in [1.54, 1.807) is 24.1 Å². The van der Waals surface area contributed by atoms with Crippen molar-refractivity contribution in [3.05, 3.63) is 36.0 Å². The molecular weight excluding hydrogens is 327 g/mol. The fourth-order valence-corrected chi connectivity index (χ4v) is 3.58. The van der Waals surface area contributed by atoms with Crippen molar-refractivity contribution in [1.29, 1.82) is 0 Å². The van der Waals surface area contributed by atoms with Crippen LogP contribution in [0, 0.1) is 5.82 Å². The van der Waals surface area contributed by atoms with Gasteiger partial charge in [0.25, 0.3) is 0 Å². The van der Waals surface area contributed by atoms with Crippen molar-refractivity contribution in [2.45, 2.75) is 25.0 Å². The van der Waals surface area contributed by atoms with E-state index in [9.17, 15) is 9.18 Å². The van der Waals surface area contributed by atoms with Crippen LogP contribution in [0.25, 0.3) is 11.5 Å². The second kappa shape index (κ2) is 6.11. The van der Waals surface area contributed by atoms with E-state index in [1.165, 1.54) is 12.1 Å². The second-order valence-corrected chi connectivity index (χ2v) is 6.73. The Morgan fingerprint density at radius 2 is 2.20 bits per heavy atom. The smallest absolute Gasteiger partial charge is 0.410 e. The number of nitrogens with zero attached hydrogens (tertiary/aromatic N) is 4. The highest BCUT2D eigenvalue weighted by Gasteiger charge is 2.46. The lowest BCUT2D eigenvalue weighted by atomic mass is 9.93. The molecular formula is C17H19FN4O3. The molecule has 2 fully saturated rings. The summed E-state index contributed by atoms with van der Waals surface area (Å²) >= 11 is 0. The molecule has 2 aromatic rings. The van der Waals surface area contributed by atoms with Crippen LogP contribution in [-0.2, 0) is 11.3 Å². The van der Waals surface area contributed by atoms with Crippen molar-refractivity contribution < 1.29 is 18.3 Å². The summed E-state index contributed by atoms with van der Waals surface area (Å²) in [5.74, 6) is 0.421. The Labute approximate surface area is 144 Å². The largest absolute Gasteiger partial charge is 0.440 e. The number of ether oxygens (including phenoxy) is 1. The molecule has 2 aliphatic rings. The zero-order valence-electron chi connectivity index (χ0n) is 13.9. The minimum atomic E-state index is -0.449. The molecule has 1 spiro atoms. The summed E-state index contributed by atoms with van der Waals surface area (Å²) in [7, 11) is 1.75. The molecule has 0 aliphatic carbocycles. The third kappa shape index (κ3) is 3.21. The molecule has 0 unspecified atom stereocenters. The van der Waals surface area contributed by atoms with Gasteiger partial charge in [0.2, 0.25) is 11.8 Å². The lowest BCUT2D eigenvalue weighted by Crippen LogP contribution is -2.50. The highest BCUT2D eigenvalue weighted by atomic mass is 19.1. The van der Waals surface area contributed by atoms with Crippen LogP contribution in [0.1, 0.15) is 18.7 Å². The molecule has 25 heavy (non-hydrogen) atoms. The number of carbonyl (C=O) groups excluding carboxylic acids is 1. The van der Waals surface area contributed by atoms with Crippen LogP contribution in [0.3, 0.4) is 0 Å². The molecule has 0 radical (unpaired) electrons. The van der Waals surface area contributed by atoms with E-state index in [0.29, 0.717) is 37.0 Å². The van der Waals surface area contributed by atoms with Crippen LogP contribution in [0.15, 0.2) is 28.7 Å². The Morgan fingerprint density at radius 1 is 1.32 bits per heavy atom. The van der Waals surface area contributed by atoms with Gasteiger partial charge in [-0.05, 0) is 37.6 Å². The number of likely N-dealkylation sites (tertiary alicyclic amines) is 1. The topological polar surface area (TPSA) is 71.7 Å². The van der Waals surface area contributed by atoms with Crippen molar-refractivity contribution in [3.8, 4) is 11.5 Å². The SMILES string of the molecule is CN1C[C@]2(CCCN(Cc3nnc(-c4cccc(F)c4)o3)C2)OC1=O. The lowest BCUT2D eigenvalue weighted by Gasteiger charge is -2.37. The number of benzene rings is 1. The first-order valence-corrected chi connectivity index (χ1v) is 8.28. The van der Waals surface area contributed by atoms with E-state index in [-0.39, 0.29) is 11.9 Å². The van der Waals surface area contributed by atoms with Crippen molar-refractivity contribution in [1.82, 2.24) is 20.0 Å². The first kappa shape index (κ1) is 16.0. The van der Waals surface area contributed by atoms with Crippen molar-refractivity contribution in [2.24, 2.45) is 0 Å². The fraction of sp³-hybridized carbons (Fsp3) is 0.471. The standard InChI is InChI=1S/C17H19FN4O3/c1-21-10-17(25-16(21)23)6-3-7-22(11-17)9-14-19-20-15(24-14)12-4-2-5-13(18)8-12/h2,4-5,8H,3,6-7,9-11H2,1H3/t17-/m0/s1. The van der Waals surface area contributed by atoms with Crippen LogP contribution in [0.5, 0.6) is 0 Å². The maximum Gasteiger partial charge on any atom is 0.410 e. The van der Waals surface area contributed by atoms with E-state index in [2.05, 4.69) is 15.1 Å². The van der Waals surface area contributed by atoms with Crippen LogP contribution in [0.4, 0.5) is 9.18 Å². The minimum Gasteiger partial charge on any atom is -0.440 e. The number of halogens is 1. The molecule has 0 bridgehead atoms. The molecule has 0 N–H and O–H groups in total. The van der Waals surface area contributed by atoms with Gasteiger partial charge in [-0.3, -0.25) is 4.90 Å². The zero-order valence-corrected chi connectivity index (χ0v) is 13.9. The second-order valence-electron chi connectivity index (χ2n) is 6.73. The summed E-state index contributed by atoms with van der Waals surface area (Å²) in [5, 5.41) is 8.06. The molecule has 0 saturated carbocycles. The zero-order chi connectivity index (χ0) is 17.4.